The number of thioether (sulfide) groups is 1. The van der Waals surface area contributed by atoms with Crippen LogP contribution in [-0.4, -0.2) is 54.7 Å². The molecular formula is C28H27Cl2FN4O2S. The highest BCUT2D eigenvalue weighted by atomic mass is 35.5. The van der Waals surface area contributed by atoms with Gasteiger partial charge in [0.25, 0.3) is 5.91 Å². The van der Waals surface area contributed by atoms with Crippen molar-refractivity contribution in [1.29, 1.82) is 0 Å². The summed E-state index contributed by atoms with van der Waals surface area (Å²) in [6.07, 6.45) is 0. The van der Waals surface area contributed by atoms with Crippen LogP contribution in [0.25, 0.3) is 0 Å². The standard InChI is InChI=1S/C28H27Cl2FN4O2S/c1-17-5-7-19(29)14-26(17)34-9-11-35(12-10-34)28(37)18-6-8-23-24(13-18)33-27(36)25(32-23)16-38-15-20-21(30)3-2-4-22(20)31/h2-8,13-14,25,32H,9-12,15-16H2,1H3,(H,33,36). The van der Waals surface area contributed by atoms with Crippen LogP contribution in [-0.2, 0) is 10.5 Å². The first-order valence-electron chi connectivity index (χ1n) is 12.3. The van der Waals surface area contributed by atoms with Crippen LogP contribution < -0.4 is 15.5 Å². The molecule has 0 spiro atoms. The van der Waals surface area contributed by atoms with Gasteiger partial charge in [0.15, 0.2) is 0 Å². The lowest BCUT2D eigenvalue weighted by Gasteiger charge is -2.37. The second kappa shape index (κ2) is 11.4. The molecule has 6 nitrogen and oxygen atoms in total. The van der Waals surface area contributed by atoms with Crippen molar-refractivity contribution < 1.29 is 14.0 Å². The molecule has 2 aliphatic rings. The molecule has 2 heterocycles. The smallest absolute Gasteiger partial charge is 0.254 e. The molecule has 1 fully saturated rings. The Morgan fingerprint density at radius 1 is 1.05 bits per heavy atom. The number of halogens is 3. The van der Waals surface area contributed by atoms with Crippen molar-refractivity contribution in [3.8, 4) is 0 Å². The van der Waals surface area contributed by atoms with E-state index in [1.165, 1.54) is 17.8 Å². The Kier molecular flexibility index (Phi) is 8.02. The summed E-state index contributed by atoms with van der Waals surface area (Å²) in [6, 6.07) is 15.3. The third-order valence-corrected chi connectivity index (χ3v) is 8.49. The molecule has 1 saturated heterocycles. The van der Waals surface area contributed by atoms with Crippen LogP contribution in [0, 0.1) is 12.7 Å². The molecule has 2 aliphatic heterocycles. The zero-order valence-electron chi connectivity index (χ0n) is 20.8. The van der Waals surface area contributed by atoms with Crippen molar-refractivity contribution in [3.63, 3.8) is 0 Å². The predicted molar refractivity (Wildman–Crippen MR) is 154 cm³/mol. The number of piperazine rings is 1. The molecule has 1 unspecified atom stereocenters. The fourth-order valence-corrected chi connectivity index (χ4v) is 6.26. The monoisotopic (exact) mass is 572 g/mol. The molecular weight excluding hydrogens is 546 g/mol. The van der Waals surface area contributed by atoms with Gasteiger partial charge in [0.1, 0.15) is 11.9 Å². The van der Waals surface area contributed by atoms with Gasteiger partial charge in [-0.3, -0.25) is 9.59 Å². The molecule has 2 N–H and O–H groups in total. The number of anilines is 3. The quantitative estimate of drug-likeness (QED) is 0.375. The Balaban J connectivity index is 1.18. The molecule has 1 atom stereocenters. The normalized spacial score (nSPS) is 17.1. The van der Waals surface area contributed by atoms with Gasteiger partial charge in [-0.05, 0) is 55.0 Å². The Labute approximate surface area is 235 Å². The minimum atomic E-state index is -0.484. The summed E-state index contributed by atoms with van der Waals surface area (Å²) in [5.74, 6) is 0.187. The lowest BCUT2D eigenvalue weighted by molar-refractivity contribution is -0.116. The van der Waals surface area contributed by atoms with Gasteiger partial charge in [0.2, 0.25) is 5.91 Å². The summed E-state index contributed by atoms with van der Waals surface area (Å²) in [7, 11) is 0. The Hall–Kier alpha value is -2.94. The Morgan fingerprint density at radius 2 is 1.84 bits per heavy atom. The van der Waals surface area contributed by atoms with E-state index in [0.29, 0.717) is 64.5 Å². The lowest BCUT2D eigenvalue weighted by atomic mass is 10.1. The number of fused-ring (bicyclic) bond motifs is 1. The maximum Gasteiger partial charge on any atom is 0.254 e. The zero-order valence-corrected chi connectivity index (χ0v) is 23.1. The van der Waals surface area contributed by atoms with Crippen molar-refractivity contribution in [1.82, 2.24) is 4.90 Å². The van der Waals surface area contributed by atoms with Gasteiger partial charge in [-0.25, -0.2) is 4.39 Å². The summed E-state index contributed by atoms with van der Waals surface area (Å²) >= 11 is 13.7. The molecule has 198 valence electrons. The van der Waals surface area contributed by atoms with Crippen molar-refractivity contribution in [2.45, 2.75) is 18.7 Å². The van der Waals surface area contributed by atoms with Crippen LogP contribution in [0.5, 0.6) is 0 Å². The van der Waals surface area contributed by atoms with E-state index in [-0.39, 0.29) is 17.6 Å². The van der Waals surface area contributed by atoms with E-state index in [1.807, 2.05) is 29.2 Å². The number of carbonyl (C=O) groups excluding carboxylic acids is 2. The van der Waals surface area contributed by atoms with E-state index >= 15 is 0 Å². The van der Waals surface area contributed by atoms with E-state index in [1.54, 1.807) is 24.3 Å². The zero-order chi connectivity index (χ0) is 26.8. The fraction of sp³-hybridized carbons (Fsp3) is 0.286. The van der Waals surface area contributed by atoms with Crippen molar-refractivity contribution in [3.05, 3.63) is 87.2 Å². The fourth-order valence-electron chi connectivity index (χ4n) is 4.70. The minimum absolute atomic E-state index is 0.0658. The second-order valence-corrected chi connectivity index (χ2v) is 11.2. The molecule has 38 heavy (non-hydrogen) atoms. The summed E-state index contributed by atoms with van der Waals surface area (Å²) in [4.78, 5) is 30.1. The third kappa shape index (κ3) is 5.72. The van der Waals surface area contributed by atoms with Crippen LogP contribution in [0.4, 0.5) is 21.5 Å². The molecule has 0 radical (unpaired) electrons. The molecule has 5 rings (SSSR count). The van der Waals surface area contributed by atoms with E-state index in [2.05, 4.69) is 22.5 Å². The molecule has 3 aromatic carbocycles. The van der Waals surface area contributed by atoms with Crippen LogP contribution in [0.15, 0.2) is 54.6 Å². The Bertz CT molecular complexity index is 1360. The van der Waals surface area contributed by atoms with E-state index in [0.717, 1.165) is 16.9 Å². The average molecular weight is 574 g/mol. The van der Waals surface area contributed by atoms with Gasteiger partial charge in [0, 0.05) is 64.5 Å². The first-order valence-corrected chi connectivity index (χ1v) is 14.2. The third-order valence-electron chi connectivity index (χ3n) is 6.84. The SMILES string of the molecule is Cc1ccc(Cl)cc1N1CCN(C(=O)c2ccc3c(c2)NC(=O)C(CSCc2c(F)cccc2Cl)N3)CC1. The van der Waals surface area contributed by atoms with Crippen LogP contribution in [0.3, 0.4) is 0 Å². The molecule has 10 heteroatoms. The number of hydrogen-bond donors (Lipinski definition) is 2. The largest absolute Gasteiger partial charge is 0.371 e. The molecule has 2 amide bonds. The van der Waals surface area contributed by atoms with Crippen LogP contribution in [0.1, 0.15) is 21.5 Å². The van der Waals surface area contributed by atoms with Gasteiger partial charge in [-0.15, -0.1) is 0 Å². The molecule has 0 bridgehead atoms. The summed E-state index contributed by atoms with van der Waals surface area (Å²) in [6.45, 7) is 4.68. The molecule has 0 saturated carbocycles. The molecule has 0 aliphatic carbocycles. The number of benzene rings is 3. The number of carbonyl (C=O) groups is 2. The molecule has 3 aromatic rings. The molecule has 0 aromatic heterocycles. The van der Waals surface area contributed by atoms with Gasteiger partial charge in [-0.1, -0.05) is 35.3 Å². The number of rotatable bonds is 6. The number of aryl methyl sites for hydroxylation is 1. The summed E-state index contributed by atoms with van der Waals surface area (Å²) in [5.41, 5.74) is 4.53. The average Bonchev–Trinajstić information content (AvgIpc) is 2.91. The van der Waals surface area contributed by atoms with Crippen molar-refractivity contribution >= 4 is 63.8 Å². The highest BCUT2D eigenvalue weighted by Gasteiger charge is 2.28. The minimum Gasteiger partial charge on any atom is -0.371 e. The topological polar surface area (TPSA) is 64.7 Å². The van der Waals surface area contributed by atoms with Gasteiger partial charge in [-0.2, -0.15) is 11.8 Å². The number of amides is 2. The first-order chi connectivity index (χ1) is 18.3. The Morgan fingerprint density at radius 3 is 2.61 bits per heavy atom. The van der Waals surface area contributed by atoms with E-state index < -0.39 is 6.04 Å². The van der Waals surface area contributed by atoms with Gasteiger partial charge < -0.3 is 20.4 Å². The van der Waals surface area contributed by atoms with E-state index in [9.17, 15) is 14.0 Å². The number of hydrogen-bond acceptors (Lipinski definition) is 5. The number of nitrogens with one attached hydrogen (secondary N) is 2. The summed E-state index contributed by atoms with van der Waals surface area (Å²) in [5, 5.41) is 7.23. The number of nitrogens with zero attached hydrogens (tertiary/aromatic N) is 2. The van der Waals surface area contributed by atoms with Crippen LogP contribution >= 0.6 is 35.0 Å². The highest BCUT2D eigenvalue weighted by Crippen LogP contribution is 2.31. The second-order valence-electron chi connectivity index (χ2n) is 9.37. The maximum absolute atomic E-state index is 14.0. The summed E-state index contributed by atoms with van der Waals surface area (Å²) < 4.78 is 14.0. The van der Waals surface area contributed by atoms with E-state index in [4.69, 9.17) is 23.2 Å². The highest BCUT2D eigenvalue weighted by molar-refractivity contribution is 7.98. The predicted octanol–water partition coefficient (Wildman–Crippen LogP) is 6.07. The van der Waals surface area contributed by atoms with Crippen LogP contribution in [0.2, 0.25) is 10.0 Å². The lowest BCUT2D eigenvalue weighted by Crippen LogP contribution is -2.49. The first kappa shape index (κ1) is 26.7. The maximum atomic E-state index is 14.0. The van der Waals surface area contributed by atoms with Gasteiger partial charge >= 0.3 is 0 Å². The van der Waals surface area contributed by atoms with Crippen molar-refractivity contribution in [2.24, 2.45) is 0 Å². The van der Waals surface area contributed by atoms with Gasteiger partial charge in [0.05, 0.1) is 11.4 Å². The van der Waals surface area contributed by atoms with Crippen molar-refractivity contribution in [2.75, 3.05) is 47.5 Å².